The number of carbonyl (C=O) groups is 2. The number of carbonyl (C=O) groups excluding carboxylic acids is 2. The maximum atomic E-state index is 14.2. The summed E-state index contributed by atoms with van der Waals surface area (Å²) < 4.78 is 34.6. The molecule has 0 aliphatic rings. The van der Waals surface area contributed by atoms with Gasteiger partial charge in [0.15, 0.2) is 0 Å². The zero-order valence-electron chi connectivity index (χ0n) is 25.7. The van der Waals surface area contributed by atoms with Crippen LogP contribution >= 0.6 is 0 Å². The summed E-state index contributed by atoms with van der Waals surface area (Å²) in [6, 6.07) is 18.3. The molecule has 0 fully saturated rings. The molecule has 3 aromatic carbocycles. The minimum Gasteiger partial charge on any atom is -0.497 e. The molecule has 0 radical (unpaired) electrons. The SMILES string of the molecule is CC[C@@H](C)NC(=O)[C@@H](CC)N(Cc1cccc(OC)c1)C(=O)CN(c1ccc(C)c(C)c1)S(=O)(=O)c1ccc(C)cc1. The number of amides is 2. The average Bonchev–Trinajstić information content (AvgIpc) is 2.97. The Kier molecular flexibility index (Phi) is 11.2. The van der Waals surface area contributed by atoms with E-state index in [2.05, 4.69) is 5.32 Å². The highest BCUT2D eigenvalue weighted by Crippen LogP contribution is 2.27. The molecule has 3 rings (SSSR count). The zero-order valence-corrected chi connectivity index (χ0v) is 26.5. The van der Waals surface area contributed by atoms with Crippen molar-refractivity contribution < 1.29 is 22.7 Å². The van der Waals surface area contributed by atoms with Crippen LogP contribution < -0.4 is 14.4 Å². The van der Waals surface area contributed by atoms with Crippen molar-refractivity contribution in [1.29, 1.82) is 0 Å². The first kappa shape index (κ1) is 32.7. The van der Waals surface area contributed by atoms with Crippen LogP contribution in [0.4, 0.5) is 5.69 Å². The van der Waals surface area contributed by atoms with Crippen LogP contribution in [-0.4, -0.2) is 50.9 Å². The standard InChI is InChI=1S/C33H43N3O5S/c1-8-26(6)34-33(38)31(9-2)35(21-27-11-10-12-29(20-27)41-7)32(37)22-36(28-16-15-24(4)25(5)19-28)42(39,40)30-17-13-23(3)14-18-30/h10-20,26,31H,8-9,21-22H2,1-7H3,(H,34,38)/t26-,31-/m1/s1. The highest BCUT2D eigenvalue weighted by atomic mass is 32.2. The first-order valence-electron chi connectivity index (χ1n) is 14.3. The van der Waals surface area contributed by atoms with Gasteiger partial charge >= 0.3 is 0 Å². The third kappa shape index (κ3) is 7.91. The topological polar surface area (TPSA) is 96.0 Å². The first-order chi connectivity index (χ1) is 19.9. The Labute approximate surface area is 250 Å². The molecule has 9 heteroatoms. The van der Waals surface area contributed by atoms with E-state index in [0.717, 1.165) is 33.0 Å². The van der Waals surface area contributed by atoms with Gasteiger partial charge in [-0.1, -0.05) is 49.7 Å². The summed E-state index contributed by atoms with van der Waals surface area (Å²) in [6.07, 6.45) is 1.09. The van der Waals surface area contributed by atoms with Gasteiger partial charge in [0, 0.05) is 12.6 Å². The molecule has 1 N–H and O–H groups in total. The van der Waals surface area contributed by atoms with Gasteiger partial charge in [0.2, 0.25) is 11.8 Å². The zero-order chi connectivity index (χ0) is 31.0. The number of benzene rings is 3. The lowest BCUT2D eigenvalue weighted by molar-refractivity contribution is -0.140. The van der Waals surface area contributed by atoms with E-state index in [1.807, 2.05) is 65.8 Å². The van der Waals surface area contributed by atoms with Gasteiger partial charge in [-0.05, 0) is 93.6 Å². The van der Waals surface area contributed by atoms with Crippen LogP contribution in [0, 0.1) is 20.8 Å². The molecule has 42 heavy (non-hydrogen) atoms. The van der Waals surface area contributed by atoms with E-state index >= 15 is 0 Å². The van der Waals surface area contributed by atoms with Crippen molar-refractivity contribution in [3.63, 3.8) is 0 Å². The van der Waals surface area contributed by atoms with Crippen molar-refractivity contribution in [2.24, 2.45) is 0 Å². The fraction of sp³-hybridized carbons (Fsp3) is 0.394. The van der Waals surface area contributed by atoms with E-state index in [0.29, 0.717) is 17.9 Å². The van der Waals surface area contributed by atoms with Gasteiger partial charge in [0.1, 0.15) is 18.3 Å². The predicted molar refractivity (Wildman–Crippen MR) is 167 cm³/mol. The Morgan fingerprint density at radius 2 is 1.60 bits per heavy atom. The lowest BCUT2D eigenvalue weighted by atomic mass is 10.1. The van der Waals surface area contributed by atoms with Crippen LogP contribution in [-0.2, 0) is 26.2 Å². The van der Waals surface area contributed by atoms with Crippen LogP contribution in [0.25, 0.3) is 0 Å². The summed E-state index contributed by atoms with van der Waals surface area (Å²) in [7, 11) is -2.56. The predicted octanol–water partition coefficient (Wildman–Crippen LogP) is 5.54. The van der Waals surface area contributed by atoms with Crippen molar-refractivity contribution in [2.45, 2.75) is 77.9 Å². The summed E-state index contributed by atoms with van der Waals surface area (Å²) in [4.78, 5) is 29.2. The smallest absolute Gasteiger partial charge is 0.264 e. The first-order valence-corrected chi connectivity index (χ1v) is 15.7. The number of hydrogen-bond donors (Lipinski definition) is 1. The lowest BCUT2D eigenvalue weighted by Gasteiger charge is -2.34. The van der Waals surface area contributed by atoms with Crippen molar-refractivity contribution in [3.8, 4) is 5.75 Å². The van der Waals surface area contributed by atoms with E-state index in [1.165, 1.54) is 4.90 Å². The maximum absolute atomic E-state index is 14.2. The Bertz CT molecular complexity index is 1490. The Morgan fingerprint density at radius 1 is 0.905 bits per heavy atom. The molecule has 8 nitrogen and oxygen atoms in total. The molecule has 0 saturated carbocycles. The number of methoxy groups -OCH3 is 1. The number of nitrogens with zero attached hydrogens (tertiary/aromatic N) is 2. The number of ether oxygens (including phenoxy) is 1. The number of sulfonamides is 1. The molecule has 226 valence electrons. The van der Waals surface area contributed by atoms with Crippen LogP contribution in [0.5, 0.6) is 5.75 Å². The van der Waals surface area contributed by atoms with Crippen LogP contribution in [0.1, 0.15) is 55.9 Å². The normalized spacial score (nSPS) is 12.7. The molecular weight excluding hydrogens is 550 g/mol. The summed E-state index contributed by atoms with van der Waals surface area (Å²) in [6.45, 7) is 11.1. The molecule has 0 spiro atoms. The average molecular weight is 594 g/mol. The molecule has 2 atom stereocenters. The molecule has 3 aromatic rings. The molecular formula is C33H43N3O5S. The van der Waals surface area contributed by atoms with Crippen molar-refractivity contribution >= 4 is 27.5 Å². The molecule has 0 saturated heterocycles. The van der Waals surface area contributed by atoms with Gasteiger partial charge in [-0.2, -0.15) is 0 Å². The third-order valence-corrected chi connectivity index (χ3v) is 9.33. The van der Waals surface area contributed by atoms with E-state index in [4.69, 9.17) is 4.74 Å². The summed E-state index contributed by atoms with van der Waals surface area (Å²) in [5.41, 5.74) is 3.97. The fourth-order valence-corrected chi connectivity index (χ4v) is 5.98. The van der Waals surface area contributed by atoms with Gasteiger partial charge in [0.05, 0.1) is 17.7 Å². The molecule has 0 unspecified atom stereocenters. The Hall–Kier alpha value is -3.85. The van der Waals surface area contributed by atoms with Gasteiger partial charge in [0.25, 0.3) is 10.0 Å². The number of anilines is 1. The number of aryl methyl sites for hydroxylation is 3. The van der Waals surface area contributed by atoms with Crippen molar-refractivity contribution in [2.75, 3.05) is 18.0 Å². The molecule has 0 bridgehead atoms. The second-order valence-electron chi connectivity index (χ2n) is 10.7. The third-order valence-electron chi connectivity index (χ3n) is 7.54. The number of rotatable bonds is 13. The van der Waals surface area contributed by atoms with Gasteiger partial charge in [-0.15, -0.1) is 0 Å². The van der Waals surface area contributed by atoms with E-state index in [9.17, 15) is 18.0 Å². The Morgan fingerprint density at radius 3 is 2.19 bits per heavy atom. The molecule has 0 aromatic heterocycles. The molecule has 0 aliphatic heterocycles. The molecule has 0 aliphatic carbocycles. The minimum atomic E-state index is -4.12. The van der Waals surface area contributed by atoms with E-state index < -0.39 is 28.5 Å². The van der Waals surface area contributed by atoms with Gasteiger partial charge < -0.3 is 15.0 Å². The largest absolute Gasteiger partial charge is 0.497 e. The Balaban J connectivity index is 2.09. The second-order valence-corrected chi connectivity index (χ2v) is 12.6. The molecule has 2 amide bonds. The van der Waals surface area contributed by atoms with Crippen LogP contribution in [0.15, 0.2) is 71.6 Å². The highest BCUT2D eigenvalue weighted by molar-refractivity contribution is 7.92. The maximum Gasteiger partial charge on any atom is 0.264 e. The highest BCUT2D eigenvalue weighted by Gasteiger charge is 2.34. The fourth-order valence-electron chi connectivity index (χ4n) is 4.58. The lowest BCUT2D eigenvalue weighted by Crippen LogP contribution is -2.53. The van der Waals surface area contributed by atoms with Gasteiger partial charge in [-0.25, -0.2) is 8.42 Å². The number of hydrogen-bond acceptors (Lipinski definition) is 5. The van der Waals surface area contributed by atoms with Crippen LogP contribution in [0.3, 0.4) is 0 Å². The van der Waals surface area contributed by atoms with Crippen molar-refractivity contribution in [3.05, 3.63) is 89.0 Å². The minimum absolute atomic E-state index is 0.0748. The van der Waals surface area contributed by atoms with E-state index in [-0.39, 0.29) is 23.4 Å². The van der Waals surface area contributed by atoms with Gasteiger partial charge in [-0.3, -0.25) is 13.9 Å². The summed E-state index contributed by atoms with van der Waals surface area (Å²) >= 11 is 0. The van der Waals surface area contributed by atoms with E-state index in [1.54, 1.807) is 49.6 Å². The monoisotopic (exact) mass is 593 g/mol. The summed E-state index contributed by atoms with van der Waals surface area (Å²) in [5.74, 6) is -0.143. The van der Waals surface area contributed by atoms with Crippen molar-refractivity contribution in [1.82, 2.24) is 10.2 Å². The quantitative estimate of drug-likeness (QED) is 0.281. The summed E-state index contributed by atoms with van der Waals surface area (Å²) in [5, 5.41) is 2.99. The second kappa shape index (κ2) is 14.4. The number of nitrogens with one attached hydrogen (secondary N) is 1. The van der Waals surface area contributed by atoms with Crippen LogP contribution in [0.2, 0.25) is 0 Å². The molecule has 0 heterocycles.